The Bertz CT molecular complexity index is 1360. The molecule has 3 aromatic rings. The molecule has 10 nitrogen and oxygen atoms in total. The molecule has 0 spiro atoms. The molecule has 33 heavy (non-hydrogen) atoms. The number of benzene rings is 1. The Morgan fingerprint density at radius 3 is 2.55 bits per heavy atom. The van der Waals surface area contributed by atoms with Crippen molar-refractivity contribution in [3.63, 3.8) is 0 Å². The zero-order valence-corrected chi connectivity index (χ0v) is 18.9. The van der Waals surface area contributed by atoms with Crippen molar-refractivity contribution in [1.82, 2.24) is 19.4 Å². The Labute approximate surface area is 191 Å². The van der Waals surface area contributed by atoms with Gasteiger partial charge in [-0.05, 0) is 48.7 Å². The number of hydrogen-bond acceptors (Lipinski definition) is 7. The van der Waals surface area contributed by atoms with Crippen LogP contribution in [0.3, 0.4) is 0 Å². The number of rotatable bonds is 8. The third-order valence-corrected chi connectivity index (χ3v) is 5.98. The van der Waals surface area contributed by atoms with E-state index in [1.807, 2.05) is 0 Å². The highest BCUT2D eigenvalue weighted by Gasteiger charge is 2.28. The molecule has 1 aliphatic rings. The van der Waals surface area contributed by atoms with E-state index in [1.54, 1.807) is 46.0 Å². The molecule has 11 heteroatoms. The fourth-order valence-electron chi connectivity index (χ4n) is 3.69. The molecule has 0 bridgehead atoms. The van der Waals surface area contributed by atoms with Crippen molar-refractivity contribution < 1.29 is 13.2 Å². The molecule has 172 valence electrons. The molecule has 0 aliphatic carbocycles. The maximum atomic E-state index is 12.5. The number of carbonyl (C=O) groups excluding carboxylic acids is 1. The average molecular weight is 469 g/mol. The van der Waals surface area contributed by atoms with Gasteiger partial charge in [0.15, 0.2) is 0 Å². The summed E-state index contributed by atoms with van der Waals surface area (Å²) >= 11 is 0. The topological polar surface area (TPSA) is 126 Å². The maximum Gasteiger partial charge on any atom is 0.252 e. The Kier molecular flexibility index (Phi) is 6.14. The van der Waals surface area contributed by atoms with Gasteiger partial charge in [-0.25, -0.2) is 13.4 Å². The van der Waals surface area contributed by atoms with Gasteiger partial charge < -0.3 is 10.2 Å². The highest BCUT2D eigenvalue weighted by molar-refractivity contribution is 7.92. The standard InChI is InChI=1S/C22H24N6O4S/c1-3-19(29)27-13-15(14-27)10-11-28-20(30)9-4-16-12-23-22(25-21(16)28)24-17-5-7-18(8-6-17)26-33(2,31)32/h3-9,12,15,26H,1,10-11,13-14H2,2H3,(H,23,24,25). The number of fused-ring (bicyclic) bond motifs is 1. The third kappa shape index (κ3) is 5.37. The minimum absolute atomic E-state index is 0.0721. The van der Waals surface area contributed by atoms with Crippen molar-refractivity contribution in [2.45, 2.75) is 13.0 Å². The van der Waals surface area contributed by atoms with E-state index in [9.17, 15) is 18.0 Å². The van der Waals surface area contributed by atoms with Gasteiger partial charge in [0, 0.05) is 48.7 Å². The van der Waals surface area contributed by atoms with E-state index in [1.165, 1.54) is 12.1 Å². The second-order valence-electron chi connectivity index (χ2n) is 7.97. The lowest BCUT2D eigenvalue weighted by molar-refractivity contribution is -0.132. The average Bonchev–Trinajstić information content (AvgIpc) is 2.74. The number of nitrogens with zero attached hydrogens (tertiary/aromatic N) is 4. The van der Waals surface area contributed by atoms with Gasteiger partial charge in [-0.1, -0.05) is 6.58 Å². The van der Waals surface area contributed by atoms with E-state index >= 15 is 0 Å². The summed E-state index contributed by atoms with van der Waals surface area (Å²) in [5.74, 6) is 0.573. The number of anilines is 3. The summed E-state index contributed by atoms with van der Waals surface area (Å²) in [5.41, 5.74) is 1.48. The smallest absolute Gasteiger partial charge is 0.252 e. The van der Waals surface area contributed by atoms with Crippen molar-refractivity contribution in [2.24, 2.45) is 5.92 Å². The van der Waals surface area contributed by atoms with Crippen LogP contribution < -0.4 is 15.6 Å². The summed E-state index contributed by atoms with van der Waals surface area (Å²) < 4.78 is 26.7. The molecular weight excluding hydrogens is 444 g/mol. The first-order valence-corrected chi connectivity index (χ1v) is 12.2. The lowest BCUT2D eigenvalue weighted by Gasteiger charge is -2.38. The van der Waals surface area contributed by atoms with Crippen molar-refractivity contribution >= 4 is 44.3 Å². The summed E-state index contributed by atoms with van der Waals surface area (Å²) in [4.78, 5) is 34.7. The van der Waals surface area contributed by atoms with Crippen LogP contribution >= 0.6 is 0 Å². The molecular formula is C22H24N6O4S. The number of sulfonamides is 1. The van der Waals surface area contributed by atoms with Crippen molar-refractivity contribution in [3.05, 3.63) is 65.6 Å². The molecule has 0 saturated carbocycles. The molecule has 0 atom stereocenters. The summed E-state index contributed by atoms with van der Waals surface area (Å²) in [5, 5.41) is 3.82. The highest BCUT2D eigenvalue weighted by Crippen LogP contribution is 2.22. The summed E-state index contributed by atoms with van der Waals surface area (Å²) in [7, 11) is -3.35. The van der Waals surface area contributed by atoms with Gasteiger partial charge >= 0.3 is 0 Å². The second kappa shape index (κ2) is 9.02. The van der Waals surface area contributed by atoms with Crippen LogP contribution in [0.25, 0.3) is 11.0 Å². The SMILES string of the molecule is C=CC(=O)N1CC(CCn2c(=O)ccc3cnc(Nc4ccc(NS(C)(=O)=O)cc4)nc32)C1. The lowest BCUT2D eigenvalue weighted by atomic mass is 9.96. The first-order valence-electron chi connectivity index (χ1n) is 10.3. The number of likely N-dealkylation sites (tertiary alicyclic amines) is 1. The molecule has 0 unspecified atom stereocenters. The Hall–Kier alpha value is -3.73. The number of pyridine rings is 1. The summed E-state index contributed by atoms with van der Waals surface area (Å²) in [6.07, 6.45) is 4.80. The number of aryl methyl sites for hydroxylation is 1. The molecule has 2 aromatic heterocycles. The predicted octanol–water partition coefficient (Wildman–Crippen LogP) is 1.94. The zero-order valence-electron chi connectivity index (χ0n) is 18.1. The van der Waals surface area contributed by atoms with Crippen LogP contribution in [0.4, 0.5) is 17.3 Å². The largest absolute Gasteiger partial charge is 0.338 e. The summed E-state index contributed by atoms with van der Waals surface area (Å²) in [6, 6.07) is 9.84. The number of carbonyl (C=O) groups is 1. The monoisotopic (exact) mass is 468 g/mol. The third-order valence-electron chi connectivity index (χ3n) is 5.37. The molecule has 1 amide bonds. The van der Waals surface area contributed by atoms with Crippen LogP contribution in [0.2, 0.25) is 0 Å². The van der Waals surface area contributed by atoms with Crippen LogP contribution in [0.5, 0.6) is 0 Å². The van der Waals surface area contributed by atoms with Gasteiger partial charge in [-0.2, -0.15) is 4.98 Å². The van der Waals surface area contributed by atoms with Gasteiger partial charge in [0.25, 0.3) is 5.56 Å². The quantitative estimate of drug-likeness (QED) is 0.484. The molecule has 2 N–H and O–H groups in total. The fraction of sp³-hybridized carbons (Fsp3) is 0.273. The van der Waals surface area contributed by atoms with Gasteiger partial charge in [-0.15, -0.1) is 0 Å². The first-order chi connectivity index (χ1) is 15.7. The minimum atomic E-state index is -3.35. The first kappa shape index (κ1) is 22.5. The van der Waals surface area contributed by atoms with Crippen LogP contribution in [-0.4, -0.2) is 53.1 Å². The Balaban J connectivity index is 1.49. The number of amides is 1. The number of hydrogen-bond donors (Lipinski definition) is 2. The fourth-order valence-corrected chi connectivity index (χ4v) is 4.25. The maximum absolute atomic E-state index is 12.5. The van der Waals surface area contributed by atoms with Crippen molar-refractivity contribution in [2.75, 3.05) is 29.4 Å². The van der Waals surface area contributed by atoms with Crippen molar-refractivity contribution in [3.8, 4) is 0 Å². The normalized spacial score (nSPS) is 14.0. The Morgan fingerprint density at radius 1 is 1.18 bits per heavy atom. The Morgan fingerprint density at radius 2 is 1.88 bits per heavy atom. The molecule has 1 fully saturated rings. The minimum Gasteiger partial charge on any atom is -0.338 e. The van der Waals surface area contributed by atoms with Crippen LogP contribution in [0.15, 0.2) is 60.0 Å². The second-order valence-corrected chi connectivity index (χ2v) is 9.72. The highest BCUT2D eigenvalue weighted by atomic mass is 32.2. The van der Waals surface area contributed by atoms with Crippen LogP contribution in [-0.2, 0) is 21.4 Å². The van der Waals surface area contributed by atoms with E-state index in [2.05, 4.69) is 26.6 Å². The van der Waals surface area contributed by atoms with Gasteiger partial charge in [-0.3, -0.25) is 18.9 Å². The lowest BCUT2D eigenvalue weighted by Crippen LogP contribution is -2.49. The van der Waals surface area contributed by atoms with Crippen molar-refractivity contribution in [1.29, 1.82) is 0 Å². The van der Waals surface area contributed by atoms with E-state index < -0.39 is 10.0 Å². The molecule has 4 rings (SSSR count). The molecule has 1 saturated heterocycles. The van der Waals surface area contributed by atoms with E-state index in [4.69, 9.17) is 0 Å². The number of nitrogens with one attached hydrogen (secondary N) is 2. The van der Waals surface area contributed by atoms with E-state index in [-0.39, 0.29) is 11.5 Å². The molecule has 0 radical (unpaired) electrons. The zero-order chi connectivity index (χ0) is 23.6. The van der Waals surface area contributed by atoms with E-state index in [0.717, 1.165) is 18.1 Å². The van der Waals surface area contributed by atoms with Gasteiger partial charge in [0.2, 0.25) is 21.9 Å². The van der Waals surface area contributed by atoms with Gasteiger partial charge in [0.05, 0.1) is 6.26 Å². The van der Waals surface area contributed by atoms with E-state index in [0.29, 0.717) is 48.5 Å². The van der Waals surface area contributed by atoms with Crippen LogP contribution in [0.1, 0.15) is 6.42 Å². The van der Waals surface area contributed by atoms with Gasteiger partial charge in [0.1, 0.15) is 5.65 Å². The summed E-state index contributed by atoms with van der Waals surface area (Å²) in [6.45, 7) is 5.31. The predicted molar refractivity (Wildman–Crippen MR) is 127 cm³/mol. The molecule has 3 heterocycles. The molecule has 1 aromatic carbocycles. The van der Waals surface area contributed by atoms with Crippen LogP contribution in [0, 0.1) is 5.92 Å². The molecule has 1 aliphatic heterocycles. The number of aromatic nitrogens is 3.